The summed E-state index contributed by atoms with van der Waals surface area (Å²) in [5.74, 6) is 0. The second kappa shape index (κ2) is 7.05. The van der Waals surface area contributed by atoms with Gasteiger partial charge in [-0.05, 0) is 64.4 Å². The van der Waals surface area contributed by atoms with E-state index in [1.54, 1.807) is 0 Å². The van der Waals surface area contributed by atoms with Gasteiger partial charge in [0, 0.05) is 16.5 Å². The van der Waals surface area contributed by atoms with Crippen molar-refractivity contribution < 1.29 is 9.31 Å². The zero-order valence-electron chi connectivity index (χ0n) is 17.9. The molecule has 0 saturated carbocycles. The Kier molecular flexibility index (Phi) is 4.80. The Morgan fingerprint density at radius 2 is 1.62 bits per heavy atom. The highest BCUT2D eigenvalue weighted by molar-refractivity contribution is 6.62. The van der Waals surface area contributed by atoms with Crippen LogP contribution in [0.2, 0.25) is 0 Å². The molecule has 0 unspecified atom stereocenters. The third-order valence-corrected chi connectivity index (χ3v) is 6.15. The van der Waals surface area contributed by atoms with Crippen LogP contribution < -0.4 is 5.46 Å². The van der Waals surface area contributed by atoms with E-state index in [-0.39, 0.29) is 18.3 Å². The van der Waals surface area contributed by atoms with Crippen molar-refractivity contribution in [3.8, 4) is 0 Å². The minimum atomic E-state index is -0.371. The highest BCUT2D eigenvalue weighted by Crippen LogP contribution is 2.37. The standard InChI is InChI=1S/C25H28BNO2/c1-7-9-12-19(8-2)27-22-14-11-10-13-20(22)21-17-18(15-16-23(21)27)26-28-24(3,4)25(5,6)29-26/h7-17H,2H2,1,3-6H3/b9-7-,19-12+. The summed E-state index contributed by atoms with van der Waals surface area (Å²) in [6, 6.07) is 14.9. The maximum absolute atomic E-state index is 6.27. The molecule has 0 spiro atoms. The van der Waals surface area contributed by atoms with Crippen LogP contribution in [0.4, 0.5) is 0 Å². The van der Waals surface area contributed by atoms with E-state index in [1.165, 1.54) is 10.8 Å². The Hall–Kier alpha value is -2.56. The van der Waals surface area contributed by atoms with E-state index in [2.05, 4.69) is 87.4 Å². The van der Waals surface area contributed by atoms with Crippen molar-refractivity contribution in [3.05, 3.63) is 73.3 Å². The summed E-state index contributed by atoms with van der Waals surface area (Å²) in [6.07, 6.45) is 8.04. The zero-order valence-corrected chi connectivity index (χ0v) is 17.9. The number of fused-ring (bicyclic) bond motifs is 3. The van der Waals surface area contributed by atoms with E-state index in [4.69, 9.17) is 9.31 Å². The molecule has 1 aliphatic rings. The van der Waals surface area contributed by atoms with E-state index < -0.39 is 0 Å². The van der Waals surface area contributed by atoms with Crippen LogP contribution in [-0.4, -0.2) is 22.9 Å². The highest BCUT2D eigenvalue weighted by atomic mass is 16.7. The SMILES string of the molecule is C=C/C(=C\C=C/C)n1c2ccccc2c2cc(B3OC(C)(C)C(C)(C)O3)ccc21. The first kappa shape index (κ1) is 19.7. The number of nitrogens with zero attached hydrogens (tertiary/aromatic N) is 1. The van der Waals surface area contributed by atoms with E-state index in [1.807, 2.05) is 25.2 Å². The lowest BCUT2D eigenvalue weighted by molar-refractivity contribution is 0.00578. The van der Waals surface area contributed by atoms with Gasteiger partial charge in [0.05, 0.1) is 22.2 Å². The van der Waals surface area contributed by atoms with Gasteiger partial charge in [-0.3, -0.25) is 0 Å². The third-order valence-electron chi connectivity index (χ3n) is 6.15. The third kappa shape index (κ3) is 3.17. The van der Waals surface area contributed by atoms with E-state index in [0.29, 0.717) is 0 Å². The molecule has 4 heteroatoms. The molecular formula is C25H28BNO2. The Morgan fingerprint density at radius 3 is 2.28 bits per heavy atom. The van der Waals surface area contributed by atoms with Gasteiger partial charge in [0.25, 0.3) is 0 Å². The maximum Gasteiger partial charge on any atom is 0.494 e. The molecule has 1 aromatic heterocycles. The first-order chi connectivity index (χ1) is 13.8. The predicted octanol–water partition coefficient (Wildman–Crippen LogP) is 5.70. The van der Waals surface area contributed by atoms with Crippen molar-refractivity contribution in [3.63, 3.8) is 0 Å². The van der Waals surface area contributed by atoms with Gasteiger partial charge in [0.2, 0.25) is 0 Å². The molecule has 3 nitrogen and oxygen atoms in total. The van der Waals surface area contributed by atoms with E-state index in [0.717, 1.165) is 22.2 Å². The lowest BCUT2D eigenvalue weighted by Gasteiger charge is -2.32. The molecule has 2 aromatic carbocycles. The van der Waals surface area contributed by atoms with Gasteiger partial charge in [-0.25, -0.2) is 0 Å². The Bertz CT molecular complexity index is 1130. The van der Waals surface area contributed by atoms with Crippen LogP contribution in [0.3, 0.4) is 0 Å². The van der Waals surface area contributed by atoms with Gasteiger partial charge < -0.3 is 13.9 Å². The average molecular weight is 385 g/mol. The lowest BCUT2D eigenvalue weighted by Crippen LogP contribution is -2.41. The second-order valence-corrected chi connectivity index (χ2v) is 8.54. The van der Waals surface area contributed by atoms with Crippen molar-refractivity contribution in [2.45, 2.75) is 45.8 Å². The fourth-order valence-corrected chi connectivity index (χ4v) is 3.82. The molecule has 29 heavy (non-hydrogen) atoms. The molecule has 0 aliphatic carbocycles. The van der Waals surface area contributed by atoms with Crippen LogP contribution >= 0.6 is 0 Å². The number of benzene rings is 2. The molecule has 2 heterocycles. The van der Waals surface area contributed by atoms with E-state index in [9.17, 15) is 0 Å². The van der Waals surface area contributed by atoms with Crippen molar-refractivity contribution in [2.24, 2.45) is 0 Å². The van der Waals surface area contributed by atoms with Crippen molar-refractivity contribution >= 4 is 40.1 Å². The lowest BCUT2D eigenvalue weighted by atomic mass is 9.78. The van der Waals surface area contributed by atoms with Crippen LogP contribution in [0.15, 0.2) is 73.3 Å². The number of hydrogen-bond acceptors (Lipinski definition) is 2. The normalized spacial score (nSPS) is 18.9. The van der Waals surface area contributed by atoms with Crippen LogP contribution in [-0.2, 0) is 9.31 Å². The average Bonchev–Trinajstić information content (AvgIpc) is 3.13. The fourth-order valence-electron chi connectivity index (χ4n) is 3.82. The van der Waals surface area contributed by atoms with Gasteiger partial charge in [0.15, 0.2) is 0 Å². The summed E-state index contributed by atoms with van der Waals surface area (Å²) in [4.78, 5) is 0. The first-order valence-corrected chi connectivity index (χ1v) is 10.1. The molecular weight excluding hydrogens is 357 g/mol. The maximum atomic E-state index is 6.27. The molecule has 0 atom stereocenters. The fraction of sp³-hybridized carbons (Fsp3) is 0.280. The van der Waals surface area contributed by atoms with Gasteiger partial charge in [0.1, 0.15) is 0 Å². The minimum Gasteiger partial charge on any atom is -0.399 e. The summed E-state index contributed by atoms with van der Waals surface area (Å²) in [7, 11) is -0.371. The quantitative estimate of drug-likeness (QED) is 0.425. The number of allylic oxidation sites excluding steroid dienone is 5. The van der Waals surface area contributed by atoms with Gasteiger partial charge in [-0.2, -0.15) is 0 Å². The number of hydrogen-bond donors (Lipinski definition) is 0. The zero-order chi connectivity index (χ0) is 20.8. The largest absolute Gasteiger partial charge is 0.494 e. The Labute approximate surface area is 173 Å². The van der Waals surface area contributed by atoms with Crippen LogP contribution in [0.1, 0.15) is 34.6 Å². The molecule has 0 radical (unpaired) electrons. The molecule has 0 bridgehead atoms. The monoisotopic (exact) mass is 385 g/mol. The number of rotatable bonds is 4. The van der Waals surface area contributed by atoms with Crippen molar-refractivity contribution in [1.29, 1.82) is 0 Å². The van der Waals surface area contributed by atoms with Gasteiger partial charge >= 0.3 is 7.12 Å². The molecule has 1 aliphatic heterocycles. The topological polar surface area (TPSA) is 23.4 Å². The van der Waals surface area contributed by atoms with Gasteiger partial charge in [-0.1, -0.05) is 49.1 Å². The summed E-state index contributed by atoms with van der Waals surface area (Å²) in [5, 5.41) is 2.38. The molecule has 0 N–H and O–H groups in total. The van der Waals surface area contributed by atoms with Crippen LogP contribution in [0.5, 0.6) is 0 Å². The van der Waals surface area contributed by atoms with Crippen molar-refractivity contribution in [1.82, 2.24) is 4.57 Å². The Morgan fingerprint density at radius 1 is 0.966 bits per heavy atom. The second-order valence-electron chi connectivity index (χ2n) is 8.54. The minimum absolute atomic E-state index is 0.355. The Balaban J connectivity index is 1.91. The summed E-state index contributed by atoms with van der Waals surface area (Å²) < 4.78 is 14.8. The molecule has 1 saturated heterocycles. The van der Waals surface area contributed by atoms with Crippen LogP contribution in [0, 0.1) is 0 Å². The highest BCUT2D eigenvalue weighted by Gasteiger charge is 2.51. The molecule has 3 aromatic rings. The molecule has 0 amide bonds. The van der Waals surface area contributed by atoms with Crippen LogP contribution in [0.25, 0.3) is 27.5 Å². The van der Waals surface area contributed by atoms with E-state index >= 15 is 0 Å². The summed E-state index contributed by atoms with van der Waals surface area (Å²) in [5.41, 5.74) is 3.67. The smallest absolute Gasteiger partial charge is 0.399 e. The predicted molar refractivity (Wildman–Crippen MR) is 124 cm³/mol. The van der Waals surface area contributed by atoms with Gasteiger partial charge in [-0.15, -0.1) is 0 Å². The summed E-state index contributed by atoms with van der Waals surface area (Å²) >= 11 is 0. The number of aromatic nitrogens is 1. The molecule has 4 rings (SSSR count). The number of para-hydroxylation sites is 1. The first-order valence-electron chi connectivity index (χ1n) is 10.1. The molecule has 148 valence electrons. The summed E-state index contributed by atoms with van der Waals surface area (Å²) in [6.45, 7) is 14.4. The molecule has 1 fully saturated rings. The van der Waals surface area contributed by atoms with Crippen molar-refractivity contribution in [2.75, 3.05) is 0 Å².